The summed E-state index contributed by atoms with van der Waals surface area (Å²) >= 11 is 6.69. The minimum absolute atomic E-state index is 0.0752. The molecule has 5 heteroatoms. The lowest BCUT2D eigenvalue weighted by Gasteiger charge is -2.13. The molecule has 2 aromatic carbocycles. The summed E-state index contributed by atoms with van der Waals surface area (Å²) in [5, 5.41) is 0. The van der Waals surface area contributed by atoms with E-state index in [1.54, 1.807) is 4.90 Å². The third-order valence-electron chi connectivity index (χ3n) is 3.75. The van der Waals surface area contributed by atoms with Gasteiger partial charge in [0, 0.05) is 19.8 Å². The standard InChI is InChI=1S/C20H18N2OS2/c1-21(2)16-13-11-15(12-14-16)7-6-10-18-19(23)22(20(24)25-18)17-8-4-3-5-9-17/h3-14H,1-2H3/b7-6+,18-10?. The third-order valence-corrected chi connectivity index (χ3v) is 5.07. The van der Waals surface area contributed by atoms with Gasteiger partial charge in [-0.25, -0.2) is 0 Å². The fraction of sp³-hybridized carbons (Fsp3) is 0.100. The van der Waals surface area contributed by atoms with E-state index >= 15 is 0 Å². The van der Waals surface area contributed by atoms with Gasteiger partial charge in [-0.05, 0) is 35.9 Å². The fourth-order valence-corrected chi connectivity index (χ4v) is 3.66. The Hall–Kier alpha value is -2.37. The number of rotatable bonds is 4. The SMILES string of the molecule is CN(C)c1ccc(/C=C/C=C2SC(=S)N(c3ccccc3)C2=O)cc1. The molecule has 1 amide bonds. The van der Waals surface area contributed by atoms with Crippen molar-refractivity contribution in [1.29, 1.82) is 0 Å². The molecule has 0 radical (unpaired) electrons. The minimum Gasteiger partial charge on any atom is -0.378 e. The van der Waals surface area contributed by atoms with Crippen molar-refractivity contribution < 1.29 is 4.79 Å². The number of carbonyl (C=O) groups is 1. The van der Waals surface area contributed by atoms with Crippen LogP contribution in [0.2, 0.25) is 0 Å². The molecule has 2 aromatic rings. The first-order valence-corrected chi connectivity index (χ1v) is 9.06. The smallest absolute Gasteiger partial charge is 0.270 e. The number of thiocarbonyl (C=S) groups is 1. The van der Waals surface area contributed by atoms with Gasteiger partial charge in [-0.1, -0.05) is 66.5 Å². The van der Waals surface area contributed by atoms with Crippen molar-refractivity contribution in [3.05, 3.63) is 77.2 Å². The Labute approximate surface area is 157 Å². The largest absolute Gasteiger partial charge is 0.378 e. The number of hydrogen-bond acceptors (Lipinski definition) is 4. The van der Waals surface area contributed by atoms with Gasteiger partial charge < -0.3 is 4.90 Å². The molecule has 0 spiro atoms. The van der Waals surface area contributed by atoms with Crippen LogP contribution in [-0.2, 0) is 4.79 Å². The second-order valence-electron chi connectivity index (χ2n) is 5.72. The van der Waals surface area contributed by atoms with Crippen LogP contribution < -0.4 is 9.80 Å². The van der Waals surface area contributed by atoms with E-state index in [2.05, 4.69) is 29.2 Å². The number of benzene rings is 2. The molecule has 0 aromatic heterocycles. The van der Waals surface area contributed by atoms with Crippen LogP contribution in [0.1, 0.15) is 5.56 Å². The Morgan fingerprint density at radius 1 is 1.04 bits per heavy atom. The van der Waals surface area contributed by atoms with Crippen molar-refractivity contribution in [2.45, 2.75) is 0 Å². The molecule has 0 unspecified atom stereocenters. The van der Waals surface area contributed by atoms with Crippen LogP contribution in [0, 0.1) is 0 Å². The van der Waals surface area contributed by atoms with Gasteiger partial charge in [0.05, 0.1) is 10.6 Å². The van der Waals surface area contributed by atoms with Gasteiger partial charge in [-0.2, -0.15) is 0 Å². The molecule has 0 aliphatic carbocycles. The molecule has 1 fully saturated rings. The normalized spacial score (nSPS) is 16.2. The average molecular weight is 367 g/mol. The van der Waals surface area contributed by atoms with E-state index in [0.29, 0.717) is 9.23 Å². The van der Waals surface area contributed by atoms with E-state index in [4.69, 9.17) is 12.2 Å². The molecule has 3 rings (SSSR count). The quantitative estimate of drug-likeness (QED) is 0.577. The lowest BCUT2D eigenvalue weighted by atomic mass is 10.2. The van der Waals surface area contributed by atoms with Crippen molar-refractivity contribution in [2.75, 3.05) is 23.9 Å². The molecule has 0 atom stereocenters. The van der Waals surface area contributed by atoms with E-state index in [0.717, 1.165) is 16.9 Å². The van der Waals surface area contributed by atoms with Gasteiger partial charge in [-0.15, -0.1) is 0 Å². The zero-order valence-electron chi connectivity index (χ0n) is 14.0. The predicted octanol–water partition coefficient (Wildman–Crippen LogP) is 4.71. The Kier molecular flexibility index (Phi) is 5.36. The van der Waals surface area contributed by atoms with E-state index in [1.807, 2.05) is 62.7 Å². The topological polar surface area (TPSA) is 23.6 Å². The Balaban J connectivity index is 1.74. The summed E-state index contributed by atoms with van der Waals surface area (Å²) in [7, 11) is 4.03. The van der Waals surface area contributed by atoms with Crippen molar-refractivity contribution in [2.24, 2.45) is 0 Å². The van der Waals surface area contributed by atoms with Gasteiger partial charge in [0.15, 0.2) is 4.32 Å². The van der Waals surface area contributed by atoms with E-state index in [1.165, 1.54) is 11.8 Å². The van der Waals surface area contributed by atoms with Crippen LogP contribution in [-0.4, -0.2) is 24.3 Å². The second kappa shape index (κ2) is 7.68. The molecule has 1 aliphatic rings. The maximum Gasteiger partial charge on any atom is 0.270 e. The minimum atomic E-state index is -0.0752. The van der Waals surface area contributed by atoms with E-state index in [9.17, 15) is 4.79 Å². The molecule has 1 saturated heterocycles. The van der Waals surface area contributed by atoms with Gasteiger partial charge >= 0.3 is 0 Å². The van der Waals surface area contributed by atoms with Crippen LogP contribution in [0.4, 0.5) is 11.4 Å². The molecule has 126 valence electrons. The molecule has 0 bridgehead atoms. The van der Waals surface area contributed by atoms with Crippen molar-refractivity contribution >= 4 is 51.7 Å². The zero-order valence-corrected chi connectivity index (χ0v) is 15.7. The molecule has 1 aliphatic heterocycles. The number of nitrogens with zero attached hydrogens (tertiary/aromatic N) is 2. The number of para-hydroxylation sites is 1. The van der Waals surface area contributed by atoms with Crippen LogP contribution in [0.15, 0.2) is 71.7 Å². The Bertz CT molecular complexity index is 840. The molecular weight excluding hydrogens is 348 g/mol. The average Bonchev–Trinajstić information content (AvgIpc) is 2.90. The molecule has 0 saturated carbocycles. The van der Waals surface area contributed by atoms with Crippen LogP contribution >= 0.6 is 24.0 Å². The molecule has 3 nitrogen and oxygen atoms in total. The highest BCUT2D eigenvalue weighted by molar-refractivity contribution is 8.27. The van der Waals surface area contributed by atoms with E-state index in [-0.39, 0.29) is 5.91 Å². The highest BCUT2D eigenvalue weighted by Crippen LogP contribution is 2.34. The fourth-order valence-electron chi connectivity index (χ4n) is 2.41. The molecule has 25 heavy (non-hydrogen) atoms. The van der Waals surface area contributed by atoms with Crippen molar-refractivity contribution in [1.82, 2.24) is 0 Å². The van der Waals surface area contributed by atoms with Gasteiger partial charge in [0.2, 0.25) is 0 Å². The summed E-state index contributed by atoms with van der Waals surface area (Å²) in [5.74, 6) is -0.0752. The van der Waals surface area contributed by atoms with Gasteiger partial charge in [0.1, 0.15) is 0 Å². The first-order valence-electron chi connectivity index (χ1n) is 7.83. The summed E-state index contributed by atoms with van der Waals surface area (Å²) in [4.78, 5) is 16.9. The maximum absolute atomic E-state index is 12.6. The van der Waals surface area contributed by atoms with Crippen molar-refractivity contribution in [3.63, 3.8) is 0 Å². The number of carbonyl (C=O) groups excluding carboxylic acids is 1. The summed E-state index contributed by atoms with van der Waals surface area (Å²) in [5.41, 5.74) is 3.04. The molecular formula is C20H18N2OS2. The first-order chi connectivity index (χ1) is 12.1. The Morgan fingerprint density at radius 3 is 2.36 bits per heavy atom. The number of allylic oxidation sites excluding steroid dienone is 2. The first kappa shape index (κ1) is 17.5. The predicted molar refractivity (Wildman–Crippen MR) is 112 cm³/mol. The lowest BCUT2D eigenvalue weighted by molar-refractivity contribution is -0.113. The summed E-state index contributed by atoms with van der Waals surface area (Å²) in [6.07, 6.45) is 5.69. The number of hydrogen-bond donors (Lipinski definition) is 0. The summed E-state index contributed by atoms with van der Waals surface area (Å²) < 4.78 is 0.561. The van der Waals surface area contributed by atoms with Crippen molar-refractivity contribution in [3.8, 4) is 0 Å². The Morgan fingerprint density at radius 2 is 1.72 bits per heavy atom. The van der Waals surface area contributed by atoms with Crippen LogP contribution in [0.25, 0.3) is 6.08 Å². The number of thioether (sulfide) groups is 1. The summed E-state index contributed by atoms with van der Waals surface area (Å²) in [6, 6.07) is 17.7. The third kappa shape index (κ3) is 4.00. The maximum atomic E-state index is 12.6. The summed E-state index contributed by atoms with van der Waals surface area (Å²) in [6.45, 7) is 0. The number of amides is 1. The zero-order chi connectivity index (χ0) is 17.8. The lowest BCUT2D eigenvalue weighted by Crippen LogP contribution is -2.27. The second-order valence-corrected chi connectivity index (χ2v) is 7.40. The molecule has 0 N–H and O–H groups in total. The van der Waals surface area contributed by atoms with Crippen LogP contribution in [0.5, 0.6) is 0 Å². The van der Waals surface area contributed by atoms with E-state index < -0.39 is 0 Å². The molecule has 1 heterocycles. The van der Waals surface area contributed by atoms with Gasteiger partial charge in [0.25, 0.3) is 5.91 Å². The highest BCUT2D eigenvalue weighted by Gasteiger charge is 2.32. The highest BCUT2D eigenvalue weighted by atomic mass is 32.2. The number of anilines is 2. The van der Waals surface area contributed by atoms with Crippen LogP contribution in [0.3, 0.4) is 0 Å². The monoisotopic (exact) mass is 366 g/mol. The van der Waals surface area contributed by atoms with Gasteiger partial charge in [-0.3, -0.25) is 9.69 Å².